The zero-order valence-electron chi connectivity index (χ0n) is 24.6. The van der Waals surface area contributed by atoms with E-state index in [0.717, 1.165) is 24.3 Å². The summed E-state index contributed by atoms with van der Waals surface area (Å²) in [6.07, 6.45) is -2.01. The van der Waals surface area contributed by atoms with Crippen LogP contribution in [0.5, 0.6) is 11.6 Å². The highest BCUT2D eigenvalue weighted by Crippen LogP contribution is 2.37. The zero-order valence-corrected chi connectivity index (χ0v) is 26.2. The van der Waals surface area contributed by atoms with Crippen LogP contribution >= 0.6 is 12.0 Å². The van der Waals surface area contributed by atoms with Crippen molar-refractivity contribution < 1.29 is 48.8 Å². The number of aromatic nitrogens is 2. The summed E-state index contributed by atoms with van der Waals surface area (Å²) in [6, 6.07) is 11.8. The first-order chi connectivity index (χ1) is 22.3. The molecule has 3 aromatic rings. The maximum Gasteiger partial charge on any atom is 0.573 e. The second kappa shape index (κ2) is 15.6. The molecule has 11 nitrogen and oxygen atoms in total. The number of amides is 1. The van der Waals surface area contributed by atoms with Crippen LogP contribution in [0.2, 0.25) is 0 Å². The molecule has 47 heavy (non-hydrogen) atoms. The van der Waals surface area contributed by atoms with E-state index >= 15 is 0 Å². The topological polar surface area (TPSA) is 144 Å². The van der Waals surface area contributed by atoms with Gasteiger partial charge in [0.05, 0.1) is 65.6 Å². The van der Waals surface area contributed by atoms with Crippen LogP contribution in [0.25, 0.3) is 0 Å². The van der Waals surface area contributed by atoms with E-state index in [1.54, 1.807) is 4.90 Å². The van der Waals surface area contributed by atoms with Crippen molar-refractivity contribution in [2.45, 2.75) is 61.5 Å². The van der Waals surface area contributed by atoms with Crippen molar-refractivity contribution in [3.63, 3.8) is 0 Å². The quantitative estimate of drug-likeness (QED) is 0.161. The summed E-state index contributed by atoms with van der Waals surface area (Å²) in [6.45, 7) is -1.82. The molecule has 1 aliphatic rings. The minimum Gasteiger partial charge on any atom is -0.404 e. The molecule has 0 saturated carbocycles. The molecule has 0 radical (unpaired) electrons. The van der Waals surface area contributed by atoms with Crippen molar-refractivity contribution in [1.82, 2.24) is 15.3 Å². The number of anilines is 1. The van der Waals surface area contributed by atoms with Gasteiger partial charge in [0.1, 0.15) is 16.9 Å². The molecule has 2 aromatic heterocycles. The molecule has 1 aromatic carbocycles. The fraction of sp³-hybridized carbons (Fsp3) is 0.379. The molecule has 0 spiro atoms. The van der Waals surface area contributed by atoms with E-state index in [-0.39, 0.29) is 35.1 Å². The lowest BCUT2D eigenvalue weighted by Crippen LogP contribution is -2.39. The van der Waals surface area contributed by atoms with Gasteiger partial charge in [-0.25, -0.2) is 18.4 Å². The lowest BCUT2D eigenvalue weighted by atomic mass is 10.0. The van der Waals surface area contributed by atoms with Crippen molar-refractivity contribution in [3.8, 4) is 17.7 Å². The van der Waals surface area contributed by atoms with E-state index in [2.05, 4.69) is 24.8 Å². The molecule has 0 aliphatic carbocycles. The first kappa shape index (κ1) is 35.6. The number of carbonyl (C=O) groups excluding carboxylic acids is 1. The third kappa shape index (κ3) is 9.89. The predicted octanol–water partition coefficient (Wildman–Crippen LogP) is 5.81. The van der Waals surface area contributed by atoms with Crippen LogP contribution in [0.3, 0.4) is 0 Å². The molecule has 1 saturated heterocycles. The number of carbonyl (C=O) groups is 1. The van der Waals surface area contributed by atoms with Crippen LogP contribution < -0.4 is 19.1 Å². The van der Waals surface area contributed by atoms with Crippen molar-refractivity contribution in [1.29, 1.82) is 5.26 Å². The summed E-state index contributed by atoms with van der Waals surface area (Å²) in [5.74, 6) is -0.885. The molecule has 3 atom stereocenters. The Hall–Kier alpha value is -4.21. The minimum absolute atomic E-state index is 0.0229. The van der Waals surface area contributed by atoms with Crippen LogP contribution in [-0.2, 0) is 14.6 Å². The normalized spacial score (nSPS) is 17.3. The fourth-order valence-electron chi connectivity index (χ4n) is 4.67. The standard InChI is InChI=1S/C29H28F5N5O6S2/c1-2-47(41,42)22-8-3-18(4-9-22)23(13-14-35)38-27(40)19-5-10-24(36-15-19)39-20(17-43-28(30)31)6-12-26(39)46-45-25-11-7-21(16-37-25)44-29(32,33)34/h3-5,7-11,15-16,20,23,26,28H,2,6,12-13,17H2,1H3,(H,38,40)/t20-,23-,26?/m0/s1. The number of sulfone groups is 1. The van der Waals surface area contributed by atoms with Crippen LogP contribution in [-0.4, -0.2) is 61.0 Å². The van der Waals surface area contributed by atoms with Gasteiger partial charge in [0.25, 0.3) is 5.91 Å². The van der Waals surface area contributed by atoms with Gasteiger partial charge in [0, 0.05) is 12.3 Å². The fourth-order valence-corrected chi connectivity index (χ4v) is 6.47. The molecule has 4 rings (SSSR count). The van der Waals surface area contributed by atoms with Gasteiger partial charge in [0.15, 0.2) is 9.84 Å². The third-order valence-electron chi connectivity index (χ3n) is 6.95. The molecular formula is C29H28F5N5O6S2. The average Bonchev–Trinajstić information content (AvgIpc) is 3.45. The number of nitrogens with one attached hydrogen (secondary N) is 1. The molecule has 1 unspecified atom stereocenters. The number of pyridine rings is 2. The van der Waals surface area contributed by atoms with Crippen molar-refractivity contribution in [3.05, 3.63) is 72.1 Å². The van der Waals surface area contributed by atoms with E-state index in [4.69, 9.17) is 4.18 Å². The third-order valence-corrected chi connectivity index (χ3v) is 9.65. The molecule has 1 N–H and O–H groups in total. The summed E-state index contributed by atoms with van der Waals surface area (Å²) >= 11 is 0.893. The number of nitriles is 1. The average molecular weight is 702 g/mol. The Balaban J connectivity index is 1.46. The number of benzene rings is 1. The van der Waals surface area contributed by atoms with Crippen LogP contribution in [0, 0.1) is 11.3 Å². The Morgan fingerprint density at radius 2 is 1.85 bits per heavy atom. The second-order valence-electron chi connectivity index (χ2n) is 10.0. The van der Waals surface area contributed by atoms with E-state index < -0.39 is 51.9 Å². The summed E-state index contributed by atoms with van der Waals surface area (Å²) in [5, 5.41) is 11.6. The lowest BCUT2D eigenvalue weighted by Gasteiger charge is -2.30. The van der Waals surface area contributed by atoms with E-state index in [0.29, 0.717) is 24.2 Å². The molecule has 0 bridgehead atoms. The smallest absolute Gasteiger partial charge is 0.404 e. The number of hydrogen-bond donors (Lipinski definition) is 1. The Morgan fingerprint density at radius 1 is 1.11 bits per heavy atom. The number of nitrogens with zero attached hydrogens (tertiary/aromatic N) is 4. The Bertz CT molecular complexity index is 1640. The molecule has 1 amide bonds. The Morgan fingerprint density at radius 3 is 2.43 bits per heavy atom. The highest BCUT2D eigenvalue weighted by Gasteiger charge is 2.37. The Kier molecular flexibility index (Phi) is 11.8. The molecule has 1 fully saturated rings. The van der Waals surface area contributed by atoms with Crippen LogP contribution in [0.1, 0.15) is 48.1 Å². The molecular weight excluding hydrogens is 673 g/mol. The molecule has 252 valence electrons. The first-order valence-corrected chi connectivity index (χ1v) is 16.4. The maximum atomic E-state index is 13.1. The van der Waals surface area contributed by atoms with Gasteiger partial charge >= 0.3 is 13.0 Å². The predicted molar refractivity (Wildman–Crippen MR) is 159 cm³/mol. The maximum absolute atomic E-state index is 13.1. The molecule has 3 heterocycles. The van der Waals surface area contributed by atoms with Crippen LogP contribution in [0.4, 0.5) is 27.8 Å². The molecule has 1 aliphatic heterocycles. The second-order valence-corrected chi connectivity index (χ2v) is 13.2. The summed E-state index contributed by atoms with van der Waals surface area (Å²) in [4.78, 5) is 23.1. The van der Waals surface area contributed by atoms with Gasteiger partial charge in [0.2, 0.25) is 5.88 Å². The van der Waals surface area contributed by atoms with Crippen molar-refractivity contribution >= 4 is 33.6 Å². The van der Waals surface area contributed by atoms with Gasteiger partial charge < -0.3 is 23.9 Å². The highest BCUT2D eigenvalue weighted by molar-refractivity contribution is 7.95. The van der Waals surface area contributed by atoms with E-state index in [1.807, 2.05) is 6.07 Å². The Labute approximate surface area is 271 Å². The highest BCUT2D eigenvalue weighted by atomic mass is 32.2. The minimum atomic E-state index is -4.88. The molecule has 18 heteroatoms. The van der Waals surface area contributed by atoms with Crippen molar-refractivity contribution in [2.75, 3.05) is 17.3 Å². The number of hydrogen-bond acceptors (Lipinski definition) is 11. The number of rotatable bonds is 14. The van der Waals surface area contributed by atoms with E-state index in [9.17, 15) is 40.4 Å². The van der Waals surface area contributed by atoms with Gasteiger partial charge in [-0.2, -0.15) is 14.0 Å². The van der Waals surface area contributed by atoms with Gasteiger partial charge in [-0.05, 0) is 48.7 Å². The largest absolute Gasteiger partial charge is 0.573 e. The van der Waals surface area contributed by atoms with Gasteiger partial charge in [-0.3, -0.25) is 4.79 Å². The van der Waals surface area contributed by atoms with Crippen LogP contribution in [0.15, 0.2) is 65.8 Å². The lowest BCUT2D eigenvalue weighted by molar-refractivity contribution is -0.274. The monoisotopic (exact) mass is 701 g/mol. The van der Waals surface area contributed by atoms with Gasteiger partial charge in [-0.15, -0.1) is 13.2 Å². The number of alkyl halides is 5. The summed E-state index contributed by atoms with van der Waals surface area (Å²) in [5.41, 5.74) is 0.655. The summed E-state index contributed by atoms with van der Waals surface area (Å²) < 4.78 is 101. The first-order valence-electron chi connectivity index (χ1n) is 14.0. The SMILES string of the molecule is CCS(=O)(=O)c1ccc([C@H](CC#N)NC(=O)c2ccc(N3C(SOc4ccc(OC(F)(F)F)cn4)CC[C@H]3COC(F)F)nc2)cc1. The van der Waals surface area contributed by atoms with E-state index in [1.165, 1.54) is 55.6 Å². The number of halogens is 5. The summed E-state index contributed by atoms with van der Waals surface area (Å²) in [7, 11) is -3.43. The zero-order chi connectivity index (χ0) is 34.2. The number of ether oxygens (including phenoxy) is 2. The van der Waals surface area contributed by atoms with Crippen molar-refractivity contribution in [2.24, 2.45) is 0 Å². The van der Waals surface area contributed by atoms with Gasteiger partial charge in [-0.1, -0.05) is 19.1 Å².